The molecule has 1 atom stereocenters. The minimum absolute atomic E-state index is 0.318. The highest BCUT2D eigenvalue weighted by Gasteiger charge is 2.25. The SMILES string of the molecule is CCOc1ccc(C(CN)N(C)C2CCCC2)cc1. The molecule has 3 heteroatoms. The van der Waals surface area contributed by atoms with Crippen molar-refractivity contribution in [3.8, 4) is 5.75 Å². The maximum absolute atomic E-state index is 6.00. The molecule has 0 aromatic heterocycles. The molecule has 0 aliphatic heterocycles. The van der Waals surface area contributed by atoms with Gasteiger partial charge in [-0.15, -0.1) is 0 Å². The predicted octanol–water partition coefficient (Wildman–Crippen LogP) is 2.96. The van der Waals surface area contributed by atoms with Crippen LogP contribution in [0.15, 0.2) is 24.3 Å². The average molecular weight is 262 g/mol. The summed E-state index contributed by atoms with van der Waals surface area (Å²) in [5.41, 5.74) is 7.29. The van der Waals surface area contributed by atoms with Crippen molar-refractivity contribution >= 4 is 0 Å². The molecule has 1 aromatic rings. The van der Waals surface area contributed by atoms with Crippen LogP contribution in [0.4, 0.5) is 0 Å². The van der Waals surface area contributed by atoms with E-state index >= 15 is 0 Å². The zero-order chi connectivity index (χ0) is 13.7. The van der Waals surface area contributed by atoms with Gasteiger partial charge in [-0.1, -0.05) is 25.0 Å². The monoisotopic (exact) mass is 262 g/mol. The van der Waals surface area contributed by atoms with Gasteiger partial charge in [-0.05, 0) is 44.5 Å². The summed E-state index contributed by atoms with van der Waals surface area (Å²) in [6, 6.07) is 9.40. The second kappa shape index (κ2) is 6.92. The molecule has 19 heavy (non-hydrogen) atoms. The first-order valence-corrected chi connectivity index (χ1v) is 7.41. The van der Waals surface area contributed by atoms with Crippen LogP contribution in [-0.4, -0.2) is 31.1 Å². The van der Waals surface area contributed by atoms with Crippen molar-refractivity contribution in [3.05, 3.63) is 29.8 Å². The zero-order valence-electron chi connectivity index (χ0n) is 12.1. The van der Waals surface area contributed by atoms with Crippen LogP contribution in [0.25, 0.3) is 0 Å². The fraction of sp³-hybridized carbons (Fsp3) is 0.625. The Bertz CT molecular complexity index is 371. The number of benzene rings is 1. The van der Waals surface area contributed by atoms with E-state index in [9.17, 15) is 0 Å². The van der Waals surface area contributed by atoms with Crippen molar-refractivity contribution in [3.63, 3.8) is 0 Å². The van der Waals surface area contributed by atoms with Crippen LogP contribution >= 0.6 is 0 Å². The van der Waals surface area contributed by atoms with Gasteiger partial charge < -0.3 is 10.5 Å². The summed E-state index contributed by atoms with van der Waals surface area (Å²) >= 11 is 0. The van der Waals surface area contributed by atoms with E-state index in [1.54, 1.807) is 0 Å². The molecule has 1 unspecified atom stereocenters. The van der Waals surface area contributed by atoms with E-state index in [-0.39, 0.29) is 0 Å². The third-order valence-electron chi connectivity index (χ3n) is 4.19. The minimum Gasteiger partial charge on any atom is -0.494 e. The summed E-state index contributed by atoms with van der Waals surface area (Å²) in [6.45, 7) is 3.38. The Kier molecular flexibility index (Phi) is 5.23. The van der Waals surface area contributed by atoms with Crippen LogP contribution in [0.3, 0.4) is 0 Å². The van der Waals surface area contributed by atoms with Crippen LogP contribution in [0.2, 0.25) is 0 Å². The molecule has 1 aromatic carbocycles. The zero-order valence-corrected chi connectivity index (χ0v) is 12.1. The average Bonchev–Trinajstić information content (AvgIpc) is 2.96. The van der Waals surface area contributed by atoms with Gasteiger partial charge in [0.1, 0.15) is 5.75 Å². The first-order valence-electron chi connectivity index (χ1n) is 7.41. The third-order valence-corrected chi connectivity index (χ3v) is 4.19. The fourth-order valence-corrected chi connectivity index (χ4v) is 3.06. The number of hydrogen-bond donors (Lipinski definition) is 1. The molecule has 0 heterocycles. The Morgan fingerprint density at radius 2 is 1.89 bits per heavy atom. The summed E-state index contributed by atoms with van der Waals surface area (Å²) in [5, 5.41) is 0. The van der Waals surface area contributed by atoms with Crippen LogP contribution in [0, 0.1) is 0 Å². The second-order valence-electron chi connectivity index (χ2n) is 5.36. The highest BCUT2D eigenvalue weighted by molar-refractivity contribution is 5.29. The van der Waals surface area contributed by atoms with Gasteiger partial charge in [0.2, 0.25) is 0 Å². The van der Waals surface area contributed by atoms with Gasteiger partial charge in [0.05, 0.1) is 6.61 Å². The molecule has 2 N–H and O–H groups in total. The number of nitrogens with two attached hydrogens (primary N) is 1. The van der Waals surface area contributed by atoms with Crippen molar-refractivity contribution in [1.29, 1.82) is 0 Å². The molecule has 1 saturated carbocycles. The molecule has 1 aliphatic rings. The lowest BCUT2D eigenvalue weighted by Crippen LogP contribution is -2.37. The lowest BCUT2D eigenvalue weighted by molar-refractivity contribution is 0.179. The van der Waals surface area contributed by atoms with Gasteiger partial charge in [0.25, 0.3) is 0 Å². The van der Waals surface area contributed by atoms with Crippen molar-refractivity contribution in [1.82, 2.24) is 4.90 Å². The lowest BCUT2D eigenvalue weighted by Gasteiger charge is -2.32. The summed E-state index contributed by atoms with van der Waals surface area (Å²) in [6.07, 6.45) is 5.33. The smallest absolute Gasteiger partial charge is 0.119 e. The summed E-state index contributed by atoms with van der Waals surface area (Å²) in [5.74, 6) is 0.936. The van der Waals surface area contributed by atoms with E-state index in [2.05, 4.69) is 24.1 Å². The first-order chi connectivity index (χ1) is 9.26. The van der Waals surface area contributed by atoms with E-state index < -0.39 is 0 Å². The molecule has 2 rings (SSSR count). The fourth-order valence-electron chi connectivity index (χ4n) is 3.06. The Morgan fingerprint density at radius 3 is 2.42 bits per heavy atom. The topological polar surface area (TPSA) is 38.5 Å². The van der Waals surface area contributed by atoms with Crippen molar-refractivity contribution in [2.75, 3.05) is 20.2 Å². The molecular formula is C16H26N2O. The molecule has 1 fully saturated rings. The summed E-state index contributed by atoms with van der Waals surface area (Å²) in [7, 11) is 2.21. The Labute approximate surface area is 116 Å². The van der Waals surface area contributed by atoms with Crippen molar-refractivity contribution in [2.45, 2.75) is 44.7 Å². The highest BCUT2D eigenvalue weighted by Crippen LogP contribution is 2.29. The van der Waals surface area contributed by atoms with E-state index in [0.29, 0.717) is 25.2 Å². The van der Waals surface area contributed by atoms with E-state index in [1.807, 2.05) is 19.1 Å². The molecular weight excluding hydrogens is 236 g/mol. The van der Waals surface area contributed by atoms with Gasteiger partial charge in [-0.3, -0.25) is 4.90 Å². The quantitative estimate of drug-likeness (QED) is 0.856. The van der Waals surface area contributed by atoms with Gasteiger partial charge in [-0.2, -0.15) is 0 Å². The number of nitrogens with zero attached hydrogens (tertiary/aromatic N) is 1. The van der Waals surface area contributed by atoms with Crippen LogP contribution in [0.1, 0.15) is 44.2 Å². The first kappa shape index (κ1) is 14.4. The molecule has 0 saturated heterocycles. The van der Waals surface area contributed by atoms with Crippen LogP contribution in [-0.2, 0) is 0 Å². The summed E-state index contributed by atoms with van der Waals surface area (Å²) < 4.78 is 5.49. The molecule has 0 radical (unpaired) electrons. The number of ether oxygens (including phenoxy) is 1. The molecule has 0 spiro atoms. The Hall–Kier alpha value is -1.06. The minimum atomic E-state index is 0.318. The predicted molar refractivity (Wildman–Crippen MR) is 79.4 cm³/mol. The van der Waals surface area contributed by atoms with Gasteiger partial charge in [-0.25, -0.2) is 0 Å². The maximum Gasteiger partial charge on any atom is 0.119 e. The van der Waals surface area contributed by atoms with Gasteiger partial charge in [0, 0.05) is 18.6 Å². The van der Waals surface area contributed by atoms with Gasteiger partial charge >= 0.3 is 0 Å². The normalized spacial score (nSPS) is 17.9. The van der Waals surface area contributed by atoms with Crippen molar-refractivity contribution in [2.24, 2.45) is 5.73 Å². The molecule has 0 amide bonds. The number of rotatable bonds is 6. The lowest BCUT2D eigenvalue weighted by atomic mass is 10.0. The molecule has 106 valence electrons. The highest BCUT2D eigenvalue weighted by atomic mass is 16.5. The van der Waals surface area contributed by atoms with E-state index in [0.717, 1.165) is 5.75 Å². The van der Waals surface area contributed by atoms with Crippen LogP contribution in [0.5, 0.6) is 5.75 Å². The van der Waals surface area contributed by atoms with E-state index in [4.69, 9.17) is 10.5 Å². The molecule has 0 bridgehead atoms. The molecule has 1 aliphatic carbocycles. The van der Waals surface area contributed by atoms with E-state index in [1.165, 1.54) is 31.2 Å². The standard InChI is InChI=1S/C16H26N2O/c1-3-19-15-10-8-13(9-11-15)16(12-17)18(2)14-6-4-5-7-14/h8-11,14,16H,3-7,12,17H2,1-2H3. The second-order valence-corrected chi connectivity index (χ2v) is 5.36. The van der Waals surface area contributed by atoms with Crippen LogP contribution < -0.4 is 10.5 Å². The Balaban J connectivity index is 2.07. The third kappa shape index (κ3) is 3.48. The largest absolute Gasteiger partial charge is 0.494 e. The molecule has 3 nitrogen and oxygen atoms in total. The number of hydrogen-bond acceptors (Lipinski definition) is 3. The maximum atomic E-state index is 6.00. The number of likely N-dealkylation sites (N-methyl/N-ethyl adjacent to an activating group) is 1. The Morgan fingerprint density at radius 1 is 1.26 bits per heavy atom. The summed E-state index contributed by atoms with van der Waals surface area (Å²) in [4.78, 5) is 2.46. The van der Waals surface area contributed by atoms with Gasteiger partial charge in [0.15, 0.2) is 0 Å². The van der Waals surface area contributed by atoms with Crippen molar-refractivity contribution < 1.29 is 4.74 Å².